The Morgan fingerprint density at radius 3 is 1.55 bits per heavy atom. The largest absolute Gasteiger partial charge is 0.472 e. The third kappa shape index (κ3) is 39.4. The van der Waals surface area contributed by atoms with Crippen LogP contribution in [0.2, 0.25) is 0 Å². The zero-order valence-electron chi connectivity index (χ0n) is 35.8. The predicted molar refractivity (Wildman–Crippen MR) is 239 cm³/mol. The van der Waals surface area contributed by atoms with Gasteiger partial charge in [-0.3, -0.25) is 13.8 Å². The molecule has 0 spiro atoms. The molecule has 0 aliphatic carbocycles. The number of carbonyl (C=O) groups excluding carboxylic acids is 1. The number of allylic oxidation sites excluding steroid dienone is 17. The molecule has 0 aliphatic rings. The molecule has 0 rings (SSSR count). The van der Waals surface area contributed by atoms with Gasteiger partial charge in [-0.1, -0.05) is 149 Å². The number of likely N-dealkylation sites (N-methyl/N-ethyl adjacent to an activating group) is 1. The van der Waals surface area contributed by atoms with Gasteiger partial charge >= 0.3 is 7.82 Å². The van der Waals surface area contributed by atoms with Crippen molar-refractivity contribution in [1.82, 2.24) is 5.32 Å². The summed E-state index contributed by atoms with van der Waals surface area (Å²) in [6.45, 7) is 4.52. The van der Waals surface area contributed by atoms with Crippen LogP contribution in [0, 0.1) is 0 Å². The van der Waals surface area contributed by atoms with Crippen molar-refractivity contribution in [2.45, 2.75) is 142 Å². The molecule has 0 bridgehead atoms. The summed E-state index contributed by atoms with van der Waals surface area (Å²) in [5, 5.41) is 13.6. The van der Waals surface area contributed by atoms with Gasteiger partial charge in [0.1, 0.15) is 13.2 Å². The van der Waals surface area contributed by atoms with Crippen molar-refractivity contribution in [3.8, 4) is 0 Å². The number of hydrogen-bond donors (Lipinski definition) is 3. The molecule has 0 aromatic rings. The third-order valence-electron chi connectivity index (χ3n) is 8.50. The Morgan fingerprint density at radius 1 is 0.625 bits per heavy atom. The highest BCUT2D eigenvalue weighted by atomic mass is 31.2. The lowest BCUT2D eigenvalue weighted by atomic mass is 10.1. The summed E-state index contributed by atoms with van der Waals surface area (Å²) < 4.78 is 23.3. The molecule has 0 fully saturated rings. The van der Waals surface area contributed by atoms with Crippen LogP contribution in [0.4, 0.5) is 0 Å². The Hall–Kier alpha value is -2.84. The number of amides is 1. The average Bonchev–Trinajstić information content (AvgIpc) is 3.15. The van der Waals surface area contributed by atoms with Crippen molar-refractivity contribution in [3.63, 3.8) is 0 Å². The van der Waals surface area contributed by atoms with Crippen LogP contribution in [0.15, 0.2) is 109 Å². The van der Waals surface area contributed by atoms with E-state index in [1.54, 1.807) is 6.08 Å². The summed E-state index contributed by atoms with van der Waals surface area (Å²) in [6.07, 6.45) is 54.9. The SMILES string of the molecule is CC/C=C\C/C=C\C/C=C\C/C=C\C/C=C\C/C=C\C/C=C\C/C=C\CCCCCCC(=O)NC(COP(=O)(O)OCC[N+](C)(C)C)C(O)/C=C/CCCCC. The molecule has 1 amide bonds. The van der Waals surface area contributed by atoms with Crippen LogP contribution in [-0.2, 0) is 18.4 Å². The molecule has 318 valence electrons. The summed E-state index contributed by atoms with van der Waals surface area (Å²) in [6, 6.07) is -0.864. The second kappa shape index (κ2) is 37.7. The van der Waals surface area contributed by atoms with E-state index in [0.29, 0.717) is 17.4 Å². The van der Waals surface area contributed by atoms with E-state index in [4.69, 9.17) is 9.05 Å². The number of hydrogen-bond acceptors (Lipinski definition) is 5. The molecule has 0 radical (unpaired) electrons. The van der Waals surface area contributed by atoms with Gasteiger partial charge in [-0.2, -0.15) is 0 Å². The summed E-state index contributed by atoms with van der Waals surface area (Å²) in [5.74, 6) is -0.216. The van der Waals surface area contributed by atoms with E-state index in [2.05, 4.69) is 116 Å². The second-order valence-corrected chi connectivity index (χ2v) is 16.4. The molecule has 0 aromatic heterocycles. The fraction of sp³-hybridized carbons (Fsp3) is 0.596. The lowest BCUT2D eigenvalue weighted by molar-refractivity contribution is -0.870. The standard InChI is InChI=1S/C47H79N2O6P/c1-6-8-10-12-13-14-15-16-17-18-19-20-21-22-23-24-25-26-27-28-29-30-31-32-33-34-35-37-39-41-47(51)48-45(46(50)40-38-36-11-9-7-2)44-55-56(52,53)54-43-42-49(3,4)5/h8,10,13-14,16-17,19-20,22-23,25-26,28-29,31-32,38,40,45-46,50H,6-7,9,11-12,15,18,21,24,27,30,33-37,39,41-44H2,1-5H3,(H-,48,51,52,53)/p+1/b10-8-,14-13-,17-16-,20-19-,23-22-,26-25-,29-28-,32-31-,40-38+. The minimum atomic E-state index is -4.34. The van der Waals surface area contributed by atoms with Crippen LogP contribution in [0.3, 0.4) is 0 Å². The van der Waals surface area contributed by atoms with Crippen LogP contribution in [0.5, 0.6) is 0 Å². The van der Waals surface area contributed by atoms with Crippen molar-refractivity contribution >= 4 is 13.7 Å². The fourth-order valence-electron chi connectivity index (χ4n) is 5.11. The fourth-order valence-corrected chi connectivity index (χ4v) is 5.85. The number of quaternary nitrogens is 1. The number of nitrogens with zero attached hydrogens (tertiary/aromatic N) is 1. The van der Waals surface area contributed by atoms with E-state index >= 15 is 0 Å². The second-order valence-electron chi connectivity index (χ2n) is 15.0. The Morgan fingerprint density at radius 2 is 1.07 bits per heavy atom. The molecule has 3 unspecified atom stereocenters. The van der Waals surface area contributed by atoms with Gasteiger partial charge in [-0.25, -0.2) is 4.57 Å². The zero-order valence-corrected chi connectivity index (χ0v) is 36.7. The van der Waals surface area contributed by atoms with Gasteiger partial charge in [-0.05, 0) is 83.5 Å². The van der Waals surface area contributed by atoms with Gasteiger partial charge in [0.05, 0.1) is 39.9 Å². The van der Waals surface area contributed by atoms with Crippen molar-refractivity contribution in [3.05, 3.63) is 109 Å². The topological polar surface area (TPSA) is 105 Å². The maximum absolute atomic E-state index is 12.7. The number of rotatable bonds is 36. The van der Waals surface area contributed by atoms with Gasteiger partial charge in [-0.15, -0.1) is 0 Å². The van der Waals surface area contributed by atoms with Crippen LogP contribution < -0.4 is 5.32 Å². The summed E-state index contributed by atoms with van der Waals surface area (Å²) >= 11 is 0. The first-order valence-corrected chi connectivity index (χ1v) is 22.8. The molecule has 0 saturated heterocycles. The monoisotopic (exact) mass is 800 g/mol. The van der Waals surface area contributed by atoms with Crippen molar-refractivity contribution in [1.29, 1.82) is 0 Å². The Labute approximate surface area is 342 Å². The highest BCUT2D eigenvalue weighted by Gasteiger charge is 2.27. The Kier molecular flexibility index (Phi) is 35.8. The maximum Gasteiger partial charge on any atom is 0.472 e. The van der Waals surface area contributed by atoms with E-state index in [9.17, 15) is 19.4 Å². The lowest BCUT2D eigenvalue weighted by Gasteiger charge is -2.25. The number of aliphatic hydroxyl groups is 1. The first-order valence-electron chi connectivity index (χ1n) is 21.3. The molecule has 0 aliphatic heterocycles. The van der Waals surface area contributed by atoms with Gasteiger partial charge < -0.3 is 19.8 Å². The minimum absolute atomic E-state index is 0.0484. The molecule has 0 aromatic carbocycles. The molecule has 9 heteroatoms. The first kappa shape index (κ1) is 53.2. The quantitative estimate of drug-likeness (QED) is 0.0252. The lowest BCUT2D eigenvalue weighted by Crippen LogP contribution is -2.45. The van der Waals surface area contributed by atoms with Crippen LogP contribution in [0.1, 0.15) is 129 Å². The first-order chi connectivity index (χ1) is 27.0. The summed E-state index contributed by atoms with van der Waals surface area (Å²) in [5.41, 5.74) is 0. The number of nitrogens with one attached hydrogen (secondary N) is 1. The summed E-state index contributed by atoms with van der Waals surface area (Å²) in [4.78, 5) is 22.9. The predicted octanol–water partition coefficient (Wildman–Crippen LogP) is 11.7. The molecular weight excluding hydrogens is 719 g/mol. The van der Waals surface area contributed by atoms with Gasteiger partial charge in [0, 0.05) is 6.42 Å². The average molecular weight is 800 g/mol. The smallest absolute Gasteiger partial charge is 0.387 e. The zero-order chi connectivity index (χ0) is 41.4. The summed E-state index contributed by atoms with van der Waals surface area (Å²) in [7, 11) is 1.52. The van der Waals surface area contributed by atoms with Gasteiger partial charge in [0.25, 0.3) is 0 Å². The van der Waals surface area contributed by atoms with E-state index in [-0.39, 0.29) is 19.1 Å². The van der Waals surface area contributed by atoms with Gasteiger partial charge in [0.2, 0.25) is 5.91 Å². The van der Waals surface area contributed by atoms with E-state index in [1.165, 1.54) is 0 Å². The molecule has 8 nitrogen and oxygen atoms in total. The van der Waals surface area contributed by atoms with E-state index in [0.717, 1.165) is 109 Å². The third-order valence-corrected chi connectivity index (χ3v) is 9.48. The number of unbranched alkanes of at least 4 members (excludes halogenated alkanes) is 7. The van der Waals surface area contributed by atoms with Crippen LogP contribution in [-0.4, -0.2) is 73.4 Å². The maximum atomic E-state index is 12.7. The molecule has 56 heavy (non-hydrogen) atoms. The van der Waals surface area contributed by atoms with Crippen molar-refractivity contribution in [2.24, 2.45) is 0 Å². The molecule has 0 heterocycles. The Bertz CT molecular complexity index is 1270. The number of carbonyl (C=O) groups is 1. The molecule has 3 atom stereocenters. The normalized spacial score (nSPS) is 15.5. The van der Waals surface area contributed by atoms with Crippen LogP contribution in [0.25, 0.3) is 0 Å². The van der Waals surface area contributed by atoms with E-state index in [1.807, 2.05) is 27.2 Å². The minimum Gasteiger partial charge on any atom is -0.387 e. The number of aliphatic hydroxyl groups excluding tert-OH is 1. The van der Waals surface area contributed by atoms with Crippen molar-refractivity contribution in [2.75, 3.05) is 40.9 Å². The highest BCUT2D eigenvalue weighted by Crippen LogP contribution is 2.43. The van der Waals surface area contributed by atoms with Gasteiger partial charge in [0.15, 0.2) is 0 Å². The molecule has 0 saturated carbocycles. The highest BCUT2D eigenvalue weighted by molar-refractivity contribution is 7.47. The Balaban J connectivity index is 4.19. The number of phosphoric ester groups is 1. The molecular formula is C47H80N2O6P+. The van der Waals surface area contributed by atoms with E-state index < -0.39 is 20.0 Å². The van der Waals surface area contributed by atoms with Crippen molar-refractivity contribution < 1.29 is 32.9 Å². The number of phosphoric acid groups is 1. The molecule has 3 N–H and O–H groups in total. The van der Waals surface area contributed by atoms with Crippen LogP contribution >= 0.6 is 7.82 Å².